The fraction of sp³-hybridized carbons (Fsp3) is 0.591. The first-order valence-electron chi connectivity index (χ1n) is 9.36. The molecular formula is C22H32O4. The van der Waals surface area contributed by atoms with E-state index in [1.807, 2.05) is 19.1 Å². The Morgan fingerprint density at radius 2 is 1.96 bits per heavy atom. The number of esters is 1. The maximum atomic E-state index is 11.9. The van der Waals surface area contributed by atoms with Gasteiger partial charge in [-0.25, -0.2) is 0 Å². The van der Waals surface area contributed by atoms with Crippen molar-refractivity contribution in [3.8, 4) is 0 Å². The van der Waals surface area contributed by atoms with Gasteiger partial charge in [-0.15, -0.1) is 0 Å². The molecule has 0 fully saturated rings. The zero-order valence-corrected chi connectivity index (χ0v) is 16.7. The van der Waals surface area contributed by atoms with E-state index in [0.717, 1.165) is 31.0 Å². The highest BCUT2D eigenvalue weighted by Gasteiger charge is 2.37. The lowest BCUT2D eigenvalue weighted by atomic mass is 9.73. The van der Waals surface area contributed by atoms with Gasteiger partial charge in [0.2, 0.25) is 0 Å². The van der Waals surface area contributed by atoms with Crippen molar-refractivity contribution in [1.82, 2.24) is 0 Å². The van der Waals surface area contributed by atoms with Crippen molar-refractivity contribution in [1.29, 1.82) is 0 Å². The van der Waals surface area contributed by atoms with Gasteiger partial charge in [-0.05, 0) is 51.5 Å². The number of carbonyl (C=O) groups excluding carboxylic acids is 3. The molecule has 0 saturated carbocycles. The number of hydrogen-bond acceptors (Lipinski definition) is 4. The molecule has 144 valence electrons. The average molecular weight is 360 g/mol. The van der Waals surface area contributed by atoms with Gasteiger partial charge in [-0.1, -0.05) is 36.3 Å². The second-order valence-corrected chi connectivity index (χ2v) is 7.54. The molecule has 0 radical (unpaired) electrons. The van der Waals surface area contributed by atoms with Crippen LogP contribution in [-0.4, -0.2) is 24.6 Å². The van der Waals surface area contributed by atoms with Gasteiger partial charge >= 0.3 is 5.97 Å². The van der Waals surface area contributed by atoms with Crippen LogP contribution in [0.25, 0.3) is 0 Å². The van der Waals surface area contributed by atoms with Gasteiger partial charge in [0.1, 0.15) is 18.7 Å². The number of hydrogen-bond donors (Lipinski definition) is 0. The summed E-state index contributed by atoms with van der Waals surface area (Å²) in [7, 11) is 0. The maximum Gasteiger partial charge on any atom is 0.302 e. The topological polar surface area (TPSA) is 60.4 Å². The average Bonchev–Trinajstić information content (AvgIpc) is 2.61. The van der Waals surface area contributed by atoms with Crippen LogP contribution >= 0.6 is 0 Å². The van der Waals surface area contributed by atoms with Crippen molar-refractivity contribution in [3.63, 3.8) is 0 Å². The number of ether oxygens (including phenoxy) is 1. The Kier molecular flexibility index (Phi) is 9.25. The van der Waals surface area contributed by atoms with Crippen LogP contribution in [0.1, 0.15) is 60.3 Å². The van der Waals surface area contributed by atoms with Crippen LogP contribution in [0.15, 0.2) is 34.9 Å². The van der Waals surface area contributed by atoms with Crippen molar-refractivity contribution in [2.24, 2.45) is 17.8 Å². The Morgan fingerprint density at radius 3 is 2.50 bits per heavy atom. The van der Waals surface area contributed by atoms with Gasteiger partial charge in [0.15, 0.2) is 0 Å². The molecule has 0 N–H and O–H groups in total. The highest BCUT2D eigenvalue weighted by atomic mass is 16.5. The smallest absolute Gasteiger partial charge is 0.302 e. The molecule has 0 aliphatic heterocycles. The summed E-state index contributed by atoms with van der Waals surface area (Å²) < 4.78 is 5.64. The minimum atomic E-state index is -0.558. The van der Waals surface area contributed by atoms with Crippen LogP contribution in [0, 0.1) is 17.8 Å². The van der Waals surface area contributed by atoms with Gasteiger partial charge in [0.25, 0.3) is 0 Å². The zero-order chi connectivity index (χ0) is 19.7. The van der Waals surface area contributed by atoms with Crippen molar-refractivity contribution in [2.45, 2.75) is 66.4 Å². The molecule has 0 aromatic rings. The van der Waals surface area contributed by atoms with Crippen LogP contribution in [0.2, 0.25) is 0 Å². The molecule has 0 saturated heterocycles. The van der Waals surface area contributed by atoms with E-state index >= 15 is 0 Å². The van der Waals surface area contributed by atoms with Gasteiger partial charge in [-0.3, -0.25) is 9.59 Å². The normalized spacial score (nSPS) is 28.7. The van der Waals surface area contributed by atoms with E-state index in [2.05, 4.69) is 26.8 Å². The molecule has 4 nitrogen and oxygen atoms in total. The molecule has 0 amide bonds. The third kappa shape index (κ3) is 6.74. The number of carbonyl (C=O) groups is 3. The minimum absolute atomic E-state index is 0.124. The van der Waals surface area contributed by atoms with Crippen LogP contribution in [0.3, 0.4) is 0 Å². The lowest BCUT2D eigenvalue weighted by molar-refractivity contribution is -0.152. The maximum absolute atomic E-state index is 11.9. The summed E-state index contributed by atoms with van der Waals surface area (Å²) in [6.07, 6.45) is 10.2. The number of allylic oxidation sites excluding steroid dienone is 5. The van der Waals surface area contributed by atoms with Crippen molar-refractivity contribution in [3.05, 3.63) is 34.9 Å². The third-order valence-corrected chi connectivity index (χ3v) is 5.00. The molecule has 0 aromatic carbocycles. The van der Waals surface area contributed by atoms with Crippen LogP contribution in [-0.2, 0) is 19.1 Å². The van der Waals surface area contributed by atoms with Gasteiger partial charge in [0.05, 0.1) is 0 Å². The van der Waals surface area contributed by atoms with Crippen molar-refractivity contribution < 1.29 is 19.1 Å². The Hall–Kier alpha value is -1.97. The van der Waals surface area contributed by atoms with E-state index in [0.29, 0.717) is 18.4 Å². The van der Waals surface area contributed by atoms with E-state index in [9.17, 15) is 14.4 Å². The van der Waals surface area contributed by atoms with Crippen LogP contribution in [0.4, 0.5) is 0 Å². The minimum Gasteiger partial charge on any atom is -0.462 e. The predicted molar refractivity (Wildman–Crippen MR) is 104 cm³/mol. The van der Waals surface area contributed by atoms with Crippen molar-refractivity contribution >= 4 is 18.5 Å². The third-order valence-electron chi connectivity index (χ3n) is 5.00. The molecule has 4 atom stereocenters. The lowest BCUT2D eigenvalue weighted by Crippen LogP contribution is -2.38. The fourth-order valence-electron chi connectivity index (χ4n) is 3.70. The Morgan fingerprint density at radius 1 is 1.27 bits per heavy atom. The molecule has 1 rings (SSSR count). The standard InChI is InChI=1S/C22H32O4/c1-15(2)8-6-10-17(4)22-20(14-24)19(13-23)11-7-9-16(3)12-21(22)26-18(5)25/h8-9,11,13-14,17,20-22H,6-7,10,12H2,1-5H3/b16-9+,19-11-/t17-,20-,21-,22+/m0/s1. The fourth-order valence-corrected chi connectivity index (χ4v) is 3.70. The van der Waals surface area contributed by atoms with E-state index < -0.39 is 12.0 Å². The van der Waals surface area contributed by atoms with Crippen LogP contribution < -0.4 is 0 Å². The second kappa shape index (κ2) is 10.9. The summed E-state index contributed by atoms with van der Waals surface area (Å²) in [5.74, 6) is -1.01. The molecule has 4 heteroatoms. The highest BCUT2D eigenvalue weighted by molar-refractivity contribution is 5.81. The number of aldehydes is 2. The summed E-state index contributed by atoms with van der Waals surface area (Å²) in [4.78, 5) is 35.3. The summed E-state index contributed by atoms with van der Waals surface area (Å²) in [5, 5.41) is 0. The summed E-state index contributed by atoms with van der Waals surface area (Å²) in [6.45, 7) is 9.58. The van der Waals surface area contributed by atoms with Gasteiger partial charge in [-0.2, -0.15) is 0 Å². The lowest BCUT2D eigenvalue weighted by Gasteiger charge is -2.35. The van der Waals surface area contributed by atoms with E-state index in [4.69, 9.17) is 4.74 Å². The molecular weight excluding hydrogens is 328 g/mol. The molecule has 26 heavy (non-hydrogen) atoms. The molecule has 0 unspecified atom stereocenters. The molecule has 1 aliphatic rings. The molecule has 0 aromatic heterocycles. The monoisotopic (exact) mass is 360 g/mol. The van der Waals surface area contributed by atoms with Crippen LogP contribution in [0.5, 0.6) is 0 Å². The molecule has 0 bridgehead atoms. The molecule has 1 aliphatic carbocycles. The number of rotatable bonds is 7. The summed E-state index contributed by atoms with van der Waals surface area (Å²) in [6, 6.07) is 0. The highest BCUT2D eigenvalue weighted by Crippen LogP contribution is 2.36. The molecule has 0 heterocycles. The Bertz CT molecular complexity index is 593. The SMILES string of the molecule is CC(=O)O[C@H]1C/C(C)=C/C/C=C(/C=O)[C@H](C=O)[C@H]1[C@@H](C)CCC=C(C)C. The molecule has 0 spiro atoms. The van der Waals surface area contributed by atoms with E-state index in [-0.39, 0.29) is 17.8 Å². The zero-order valence-electron chi connectivity index (χ0n) is 16.7. The summed E-state index contributed by atoms with van der Waals surface area (Å²) in [5.41, 5.74) is 2.84. The quantitative estimate of drug-likeness (QED) is 0.378. The van der Waals surface area contributed by atoms with Gasteiger partial charge in [0, 0.05) is 25.2 Å². The Balaban J connectivity index is 3.28. The first-order chi connectivity index (χ1) is 12.3. The predicted octanol–water partition coefficient (Wildman–Crippen LogP) is 4.60. The first-order valence-corrected chi connectivity index (χ1v) is 9.36. The largest absolute Gasteiger partial charge is 0.462 e. The van der Waals surface area contributed by atoms with E-state index in [1.165, 1.54) is 12.5 Å². The first kappa shape index (κ1) is 22.1. The van der Waals surface area contributed by atoms with Gasteiger partial charge < -0.3 is 9.53 Å². The summed E-state index contributed by atoms with van der Waals surface area (Å²) >= 11 is 0. The van der Waals surface area contributed by atoms with E-state index in [1.54, 1.807) is 0 Å². The van der Waals surface area contributed by atoms with Crippen molar-refractivity contribution in [2.75, 3.05) is 0 Å². The Labute approximate surface area is 157 Å². The second-order valence-electron chi connectivity index (χ2n) is 7.54.